The molecule has 0 saturated heterocycles. The molecule has 1 aromatic carbocycles. The molecular formula is C14H21BrO2. The second-order valence-electron chi connectivity index (χ2n) is 4.74. The molecule has 0 fully saturated rings. The van der Waals surface area contributed by atoms with Crippen LogP contribution in [0.5, 0.6) is 5.75 Å². The highest BCUT2D eigenvalue weighted by Gasteiger charge is 2.09. The number of hydrogen-bond acceptors (Lipinski definition) is 2. The maximum Gasteiger partial charge on any atom is 0.126 e. The van der Waals surface area contributed by atoms with E-state index in [1.807, 2.05) is 18.2 Å². The molecule has 0 bridgehead atoms. The summed E-state index contributed by atoms with van der Waals surface area (Å²) >= 11 is 3.42. The highest BCUT2D eigenvalue weighted by molar-refractivity contribution is 9.10. The summed E-state index contributed by atoms with van der Waals surface area (Å²) in [4.78, 5) is 0. The zero-order valence-corrected chi connectivity index (χ0v) is 12.3. The summed E-state index contributed by atoms with van der Waals surface area (Å²) in [5, 5.41) is 9.64. The van der Waals surface area contributed by atoms with E-state index in [9.17, 15) is 5.11 Å². The van der Waals surface area contributed by atoms with Gasteiger partial charge in [0.1, 0.15) is 5.75 Å². The Morgan fingerprint density at radius 3 is 2.59 bits per heavy atom. The molecule has 0 aliphatic rings. The van der Waals surface area contributed by atoms with E-state index in [2.05, 4.69) is 29.8 Å². The minimum absolute atomic E-state index is 0.497. The van der Waals surface area contributed by atoms with Gasteiger partial charge in [-0.05, 0) is 37.8 Å². The van der Waals surface area contributed by atoms with Crippen molar-refractivity contribution in [3.05, 3.63) is 28.2 Å². The number of halogens is 1. The molecule has 0 aliphatic heterocycles. The Hall–Kier alpha value is -0.540. The molecule has 0 aliphatic carbocycles. The van der Waals surface area contributed by atoms with E-state index in [-0.39, 0.29) is 0 Å². The van der Waals surface area contributed by atoms with Crippen LogP contribution in [0.4, 0.5) is 0 Å². The molecule has 1 aromatic rings. The van der Waals surface area contributed by atoms with Gasteiger partial charge in [-0.15, -0.1) is 0 Å². The van der Waals surface area contributed by atoms with Crippen LogP contribution in [0.2, 0.25) is 0 Å². The van der Waals surface area contributed by atoms with Crippen molar-refractivity contribution in [1.82, 2.24) is 0 Å². The molecule has 0 unspecified atom stereocenters. The number of hydrogen-bond donors (Lipinski definition) is 1. The van der Waals surface area contributed by atoms with Crippen molar-refractivity contribution in [3.8, 4) is 5.75 Å². The number of aliphatic hydroxyl groups is 1. The fourth-order valence-corrected chi connectivity index (χ4v) is 1.99. The molecule has 17 heavy (non-hydrogen) atoms. The van der Waals surface area contributed by atoms with Crippen molar-refractivity contribution in [2.75, 3.05) is 6.61 Å². The first kappa shape index (κ1) is 14.5. The van der Waals surface area contributed by atoms with Crippen LogP contribution in [-0.4, -0.2) is 11.7 Å². The Morgan fingerprint density at radius 2 is 2.00 bits per heavy atom. The van der Waals surface area contributed by atoms with Gasteiger partial charge in [0.2, 0.25) is 0 Å². The van der Waals surface area contributed by atoms with Gasteiger partial charge < -0.3 is 9.84 Å². The van der Waals surface area contributed by atoms with Crippen molar-refractivity contribution < 1.29 is 9.84 Å². The molecule has 1 rings (SSSR count). The van der Waals surface area contributed by atoms with Crippen molar-refractivity contribution in [1.29, 1.82) is 0 Å². The summed E-state index contributed by atoms with van der Waals surface area (Å²) < 4.78 is 6.71. The Balaban J connectivity index is 2.59. The van der Waals surface area contributed by atoms with Crippen molar-refractivity contribution in [2.45, 2.75) is 39.7 Å². The van der Waals surface area contributed by atoms with Crippen LogP contribution in [0.15, 0.2) is 22.7 Å². The number of benzene rings is 1. The Morgan fingerprint density at radius 1 is 1.29 bits per heavy atom. The summed E-state index contributed by atoms with van der Waals surface area (Å²) in [6.45, 7) is 6.87. The first-order chi connectivity index (χ1) is 8.00. The predicted molar refractivity (Wildman–Crippen MR) is 74.3 cm³/mol. The van der Waals surface area contributed by atoms with Crippen LogP contribution in [-0.2, 0) is 0 Å². The SMILES string of the molecule is CC(C)CCCOc1cc(Br)ccc1[C@H](C)O. The molecule has 0 aromatic heterocycles. The van der Waals surface area contributed by atoms with E-state index in [1.165, 1.54) is 0 Å². The maximum absolute atomic E-state index is 9.64. The van der Waals surface area contributed by atoms with Gasteiger partial charge in [0, 0.05) is 10.0 Å². The lowest BCUT2D eigenvalue weighted by Gasteiger charge is -2.14. The van der Waals surface area contributed by atoms with E-state index in [0.29, 0.717) is 12.5 Å². The van der Waals surface area contributed by atoms with Gasteiger partial charge in [0.25, 0.3) is 0 Å². The Bertz CT molecular complexity index is 348. The lowest BCUT2D eigenvalue weighted by atomic mass is 10.1. The second-order valence-corrected chi connectivity index (χ2v) is 5.66. The third-order valence-electron chi connectivity index (χ3n) is 2.61. The highest BCUT2D eigenvalue weighted by Crippen LogP contribution is 2.28. The average Bonchev–Trinajstić information content (AvgIpc) is 2.23. The lowest BCUT2D eigenvalue weighted by molar-refractivity contribution is 0.190. The molecule has 1 N–H and O–H groups in total. The Kier molecular flexibility index (Phi) is 6.00. The first-order valence-electron chi connectivity index (χ1n) is 6.11. The van der Waals surface area contributed by atoms with Crippen LogP contribution in [0.25, 0.3) is 0 Å². The van der Waals surface area contributed by atoms with Crippen LogP contribution in [0.3, 0.4) is 0 Å². The molecule has 0 spiro atoms. The molecular weight excluding hydrogens is 280 g/mol. The highest BCUT2D eigenvalue weighted by atomic mass is 79.9. The van der Waals surface area contributed by atoms with Crippen molar-refractivity contribution in [3.63, 3.8) is 0 Å². The van der Waals surface area contributed by atoms with Gasteiger partial charge in [0.05, 0.1) is 12.7 Å². The largest absolute Gasteiger partial charge is 0.493 e. The average molecular weight is 301 g/mol. The summed E-state index contributed by atoms with van der Waals surface area (Å²) in [7, 11) is 0. The van der Waals surface area contributed by atoms with Gasteiger partial charge in [-0.25, -0.2) is 0 Å². The summed E-state index contributed by atoms with van der Waals surface area (Å²) in [5.74, 6) is 1.48. The molecule has 0 radical (unpaired) electrons. The van der Waals surface area contributed by atoms with E-state index in [0.717, 1.165) is 28.6 Å². The van der Waals surface area contributed by atoms with E-state index in [1.54, 1.807) is 6.92 Å². The zero-order chi connectivity index (χ0) is 12.8. The number of ether oxygens (including phenoxy) is 1. The van der Waals surface area contributed by atoms with Gasteiger partial charge in [-0.3, -0.25) is 0 Å². The summed E-state index contributed by atoms with van der Waals surface area (Å²) in [6, 6.07) is 5.73. The van der Waals surface area contributed by atoms with Gasteiger partial charge in [-0.1, -0.05) is 35.8 Å². The summed E-state index contributed by atoms with van der Waals surface area (Å²) in [5.41, 5.74) is 0.845. The fraction of sp³-hybridized carbons (Fsp3) is 0.571. The molecule has 2 nitrogen and oxygen atoms in total. The normalized spacial score (nSPS) is 12.8. The van der Waals surface area contributed by atoms with Crippen LogP contribution >= 0.6 is 15.9 Å². The Labute approximate surface area is 112 Å². The van der Waals surface area contributed by atoms with E-state index in [4.69, 9.17) is 4.74 Å². The van der Waals surface area contributed by atoms with Crippen LogP contribution in [0, 0.1) is 5.92 Å². The lowest BCUT2D eigenvalue weighted by Crippen LogP contribution is -2.03. The van der Waals surface area contributed by atoms with E-state index < -0.39 is 6.10 Å². The van der Waals surface area contributed by atoms with Crippen molar-refractivity contribution >= 4 is 15.9 Å². The molecule has 0 amide bonds. The first-order valence-corrected chi connectivity index (χ1v) is 6.90. The third kappa shape index (κ3) is 5.09. The molecule has 0 saturated carbocycles. The monoisotopic (exact) mass is 300 g/mol. The quantitative estimate of drug-likeness (QED) is 0.793. The fourth-order valence-electron chi connectivity index (χ4n) is 1.65. The van der Waals surface area contributed by atoms with Crippen LogP contribution < -0.4 is 4.74 Å². The van der Waals surface area contributed by atoms with Gasteiger partial charge in [-0.2, -0.15) is 0 Å². The molecule has 96 valence electrons. The van der Waals surface area contributed by atoms with Crippen molar-refractivity contribution in [2.24, 2.45) is 5.92 Å². The molecule has 0 heterocycles. The van der Waals surface area contributed by atoms with E-state index >= 15 is 0 Å². The standard InChI is InChI=1S/C14H21BrO2/c1-10(2)5-4-8-17-14-9-12(15)6-7-13(14)11(3)16/h6-7,9-11,16H,4-5,8H2,1-3H3/t11-/m0/s1. The number of aliphatic hydroxyl groups excluding tert-OH is 1. The minimum atomic E-state index is -0.497. The molecule has 3 heteroatoms. The molecule has 1 atom stereocenters. The predicted octanol–water partition coefficient (Wildman–Crippen LogP) is 4.32. The second kappa shape index (κ2) is 7.02. The smallest absolute Gasteiger partial charge is 0.126 e. The van der Waals surface area contributed by atoms with Crippen LogP contribution in [0.1, 0.15) is 45.3 Å². The van der Waals surface area contributed by atoms with Gasteiger partial charge in [0.15, 0.2) is 0 Å². The zero-order valence-electron chi connectivity index (χ0n) is 10.7. The minimum Gasteiger partial charge on any atom is -0.493 e. The topological polar surface area (TPSA) is 29.5 Å². The summed E-state index contributed by atoms with van der Waals surface area (Å²) in [6.07, 6.45) is 1.71. The van der Waals surface area contributed by atoms with Gasteiger partial charge >= 0.3 is 0 Å². The third-order valence-corrected chi connectivity index (χ3v) is 3.10. The number of rotatable bonds is 6. The maximum atomic E-state index is 9.64.